The number of rotatable bonds is 5. The summed E-state index contributed by atoms with van der Waals surface area (Å²) in [5.74, 6) is 0.0935. The zero-order chi connectivity index (χ0) is 7.98. The van der Waals surface area contributed by atoms with Crippen LogP contribution in [-0.2, 0) is 4.79 Å². The maximum Gasteiger partial charge on any atom is 0.169 e. The topological polar surface area (TPSA) is 20.3 Å². The monoisotopic (exact) mass is 141 g/mol. The van der Waals surface area contributed by atoms with E-state index in [1.165, 1.54) is 6.08 Å². The molecule has 0 aliphatic rings. The first-order chi connectivity index (χ1) is 4.70. The van der Waals surface area contributed by atoms with Crippen molar-refractivity contribution in [3.05, 3.63) is 12.7 Å². The molecule has 0 aliphatic heterocycles. The number of likely N-dealkylation sites (N-methyl/N-ethyl adjacent to an activating group) is 1. The van der Waals surface area contributed by atoms with Crippen LogP contribution >= 0.6 is 0 Å². The highest BCUT2D eigenvalue weighted by Crippen LogP contribution is 1.86. The van der Waals surface area contributed by atoms with Gasteiger partial charge in [-0.25, -0.2) is 0 Å². The summed E-state index contributed by atoms with van der Waals surface area (Å²) < 4.78 is 0. The predicted molar refractivity (Wildman–Crippen MR) is 43.0 cm³/mol. The molecular weight excluding hydrogens is 126 g/mol. The summed E-state index contributed by atoms with van der Waals surface area (Å²) >= 11 is 0. The van der Waals surface area contributed by atoms with E-state index in [4.69, 9.17) is 0 Å². The van der Waals surface area contributed by atoms with Crippen LogP contribution in [0.4, 0.5) is 0 Å². The molecule has 0 radical (unpaired) electrons. The average molecular weight is 141 g/mol. The van der Waals surface area contributed by atoms with Gasteiger partial charge in [-0.1, -0.05) is 13.5 Å². The Labute approximate surface area is 62.5 Å². The first-order valence-corrected chi connectivity index (χ1v) is 3.54. The maximum atomic E-state index is 10.7. The number of carbonyl (C=O) groups is 1. The fourth-order valence-corrected chi connectivity index (χ4v) is 0.791. The molecule has 0 aromatic heterocycles. The number of ketones is 1. The molecule has 2 heteroatoms. The van der Waals surface area contributed by atoms with E-state index in [9.17, 15) is 4.79 Å². The first kappa shape index (κ1) is 9.37. The second kappa shape index (κ2) is 5.18. The largest absolute Gasteiger partial charge is 0.299 e. The minimum Gasteiger partial charge on any atom is -0.299 e. The maximum absolute atomic E-state index is 10.7. The zero-order valence-electron chi connectivity index (χ0n) is 6.76. The van der Waals surface area contributed by atoms with Crippen LogP contribution in [0.5, 0.6) is 0 Å². The van der Waals surface area contributed by atoms with Gasteiger partial charge in [0.1, 0.15) is 0 Å². The number of carbonyl (C=O) groups excluding carboxylic acids is 1. The average Bonchev–Trinajstić information content (AvgIpc) is 1.88. The highest BCUT2D eigenvalue weighted by molar-refractivity contribution is 5.90. The van der Waals surface area contributed by atoms with Crippen LogP contribution in [0.2, 0.25) is 0 Å². The van der Waals surface area contributed by atoms with E-state index in [0.717, 1.165) is 13.0 Å². The Kier molecular flexibility index (Phi) is 4.85. The van der Waals surface area contributed by atoms with Crippen LogP contribution in [-0.4, -0.2) is 30.8 Å². The van der Waals surface area contributed by atoms with Crippen LogP contribution < -0.4 is 0 Å². The van der Waals surface area contributed by atoms with Crippen molar-refractivity contribution in [2.75, 3.05) is 20.1 Å². The van der Waals surface area contributed by atoms with Gasteiger partial charge in [-0.2, -0.15) is 0 Å². The highest BCUT2D eigenvalue weighted by atomic mass is 16.1. The highest BCUT2D eigenvalue weighted by Gasteiger charge is 1.99. The van der Waals surface area contributed by atoms with Gasteiger partial charge in [0.2, 0.25) is 0 Å². The molecule has 2 nitrogen and oxygen atoms in total. The third-order valence-corrected chi connectivity index (χ3v) is 1.26. The second-order valence-corrected chi connectivity index (χ2v) is 2.41. The Bertz CT molecular complexity index is 120. The molecule has 0 aliphatic carbocycles. The minimum atomic E-state index is 0.0935. The summed E-state index contributed by atoms with van der Waals surface area (Å²) in [6, 6.07) is 0. The molecule has 0 unspecified atom stereocenters. The van der Waals surface area contributed by atoms with Gasteiger partial charge in [-0.15, -0.1) is 0 Å². The Morgan fingerprint density at radius 1 is 1.70 bits per heavy atom. The van der Waals surface area contributed by atoms with Crippen LogP contribution in [0.15, 0.2) is 12.7 Å². The summed E-state index contributed by atoms with van der Waals surface area (Å²) in [5.41, 5.74) is 0. The van der Waals surface area contributed by atoms with Crippen molar-refractivity contribution in [1.82, 2.24) is 4.90 Å². The lowest BCUT2D eigenvalue weighted by Crippen LogP contribution is -2.25. The molecule has 58 valence electrons. The third-order valence-electron chi connectivity index (χ3n) is 1.26. The molecule has 0 amide bonds. The third kappa shape index (κ3) is 4.27. The SMILES string of the molecule is C=CC(=O)CN(C)CCC. The van der Waals surface area contributed by atoms with Gasteiger partial charge < -0.3 is 0 Å². The van der Waals surface area contributed by atoms with Crippen molar-refractivity contribution in [3.63, 3.8) is 0 Å². The molecule has 0 heterocycles. The van der Waals surface area contributed by atoms with Crippen LogP contribution in [0.3, 0.4) is 0 Å². The van der Waals surface area contributed by atoms with Crippen LogP contribution in [0.1, 0.15) is 13.3 Å². The van der Waals surface area contributed by atoms with E-state index in [1.807, 2.05) is 11.9 Å². The van der Waals surface area contributed by atoms with Gasteiger partial charge in [0.05, 0.1) is 6.54 Å². The van der Waals surface area contributed by atoms with Gasteiger partial charge in [-0.05, 0) is 26.1 Å². The summed E-state index contributed by atoms with van der Waals surface area (Å²) in [6.45, 7) is 6.96. The van der Waals surface area contributed by atoms with E-state index in [1.54, 1.807) is 0 Å². The Balaban J connectivity index is 3.46. The summed E-state index contributed by atoms with van der Waals surface area (Å²) in [5, 5.41) is 0. The van der Waals surface area contributed by atoms with E-state index < -0.39 is 0 Å². The Hall–Kier alpha value is -0.630. The standard InChI is InChI=1S/C8H15NO/c1-4-6-9(3)7-8(10)5-2/h5H,2,4,6-7H2,1,3H3. The van der Waals surface area contributed by atoms with Gasteiger partial charge in [0.25, 0.3) is 0 Å². The predicted octanol–water partition coefficient (Wildman–Crippen LogP) is 1.08. The van der Waals surface area contributed by atoms with E-state index >= 15 is 0 Å². The quantitative estimate of drug-likeness (QED) is 0.534. The van der Waals surface area contributed by atoms with Gasteiger partial charge >= 0.3 is 0 Å². The minimum absolute atomic E-state index is 0.0935. The Morgan fingerprint density at radius 2 is 2.30 bits per heavy atom. The van der Waals surface area contributed by atoms with Crippen molar-refractivity contribution < 1.29 is 4.79 Å². The molecular formula is C8H15NO. The van der Waals surface area contributed by atoms with Crippen LogP contribution in [0, 0.1) is 0 Å². The zero-order valence-corrected chi connectivity index (χ0v) is 6.76. The van der Waals surface area contributed by atoms with E-state index in [0.29, 0.717) is 6.54 Å². The first-order valence-electron chi connectivity index (χ1n) is 3.54. The Morgan fingerprint density at radius 3 is 2.70 bits per heavy atom. The lowest BCUT2D eigenvalue weighted by Gasteiger charge is -2.12. The molecule has 0 saturated carbocycles. The normalized spacial score (nSPS) is 9.90. The van der Waals surface area contributed by atoms with Crippen LogP contribution in [0.25, 0.3) is 0 Å². The molecule has 0 aromatic carbocycles. The summed E-state index contributed by atoms with van der Waals surface area (Å²) in [6.07, 6.45) is 2.45. The molecule has 10 heavy (non-hydrogen) atoms. The molecule has 0 bridgehead atoms. The molecule has 0 spiro atoms. The van der Waals surface area contributed by atoms with Crippen molar-refractivity contribution in [3.8, 4) is 0 Å². The smallest absolute Gasteiger partial charge is 0.169 e. The number of hydrogen-bond acceptors (Lipinski definition) is 2. The van der Waals surface area contributed by atoms with E-state index in [2.05, 4.69) is 13.5 Å². The summed E-state index contributed by atoms with van der Waals surface area (Å²) in [4.78, 5) is 12.7. The molecule has 0 N–H and O–H groups in total. The number of nitrogens with zero attached hydrogens (tertiary/aromatic N) is 1. The number of hydrogen-bond donors (Lipinski definition) is 0. The fourth-order valence-electron chi connectivity index (χ4n) is 0.791. The molecule has 0 aromatic rings. The summed E-state index contributed by atoms with van der Waals surface area (Å²) in [7, 11) is 1.94. The van der Waals surface area contributed by atoms with Gasteiger partial charge in [0.15, 0.2) is 5.78 Å². The van der Waals surface area contributed by atoms with Crippen molar-refractivity contribution in [2.24, 2.45) is 0 Å². The lowest BCUT2D eigenvalue weighted by molar-refractivity contribution is -0.115. The van der Waals surface area contributed by atoms with Crippen molar-refractivity contribution in [2.45, 2.75) is 13.3 Å². The lowest BCUT2D eigenvalue weighted by atomic mass is 10.3. The van der Waals surface area contributed by atoms with Crippen molar-refractivity contribution >= 4 is 5.78 Å². The van der Waals surface area contributed by atoms with Crippen molar-refractivity contribution in [1.29, 1.82) is 0 Å². The van der Waals surface area contributed by atoms with Gasteiger partial charge in [-0.3, -0.25) is 9.69 Å². The molecule has 0 rings (SSSR count). The second-order valence-electron chi connectivity index (χ2n) is 2.41. The molecule has 0 saturated heterocycles. The molecule has 0 atom stereocenters. The fraction of sp³-hybridized carbons (Fsp3) is 0.625. The van der Waals surface area contributed by atoms with Gasteiger partial charge in [0, 0.05) is 0 Å². The molecule has 0 fully saturated rings. The van der Waals surface area contributed by atoms with E-state index in [-0.39, 0.29) is 5.78 Å².